The monoisotopic (exact) mass is 257 g/mol. The summed E-state index contributed by atoms with van der Waals surface area (Å²) in [7, 11) is 0. The molecule has 0 heterocycles. The Bertz CT molecular complexity index is 191. The molecule has 0 aromatic heterocycles. The normalized spacial score (nSPS) is 10.1. The number of carbonyl (C=O) groups excluding carboxylic acids is 1. The molecule has 18 heavy (non-hydrogen) atoms. The van der Waals surface area contributed by atoms with Gasteiger partial charge in [0.15, 0.2) is 0 Å². The van der Waals surface area contributed by atoms with Crippen LogP contribution >= 0.6 is 0 Å². The van der Waals surface area contributed by atoms with Gasteiger partial charge in [-0.15, -0.1) is 13.2 Å². The van der Waals surface area contributed by atoms with Gasteiger partial charge in [0, 0.05) is 19.6 Å². The summed E-state index contributed by atoms with van der Waals surface area (Å²) in [5, 5.41) is 2.85. The standard InChI is InChI=1S/C13H27NO2.C2H4/c1-11(2)6-5-8-16-9-7-14-13(15)10-12(3)4;1-2/h11-12H,5-10H2,1-4H3,(H,14,15);1-2H2. The van der Waals surface area contributed by atoms with Gasteiger partial charge in [-0.3, -0.25) is 4.79 Å². The molecule has 108 valence electrons. The summed E-state index contributed by atoms with van der Waals surface area (Å²) < 4.78 is 5.42. The Kier molecular flexibility index (Phi) is 15.4. The molecule has 0 saturated carbocycles. The van der Waals surface area contributed by atoms with Gasteiger partial charge in [-0.05, 0) is 24.7 Å². The van der Waals surface area contributed by atoms with Crippen molar-refractivity contribution in [3.05, 3.63) is 13.2 Å². The first-order valence-electron chi connectivity index (χ1n) is 6.86. The van der Waals surface area contributed by atoms with E-state index >= 15 is 0 Å². The number of carbonyl (C=O) groups is 1. The van der Waals surface area contributed by atoms with E-state index in [9.17, 15) is 4.79 Å². The molecule has 1 amide bonds. The fraction of sp³-hybridized carbons (Fsp3) is 0.800. The topological polar surface area (TPSA) is 38.3 Å². The van der Waals surface area contributed by atoms with E-state index < -0.39 is 0 Å². The van der Waals surface area contributed by atoms with Gasteiger partial charge in [-0.25, -0.2) is 0 Å². The van der Waals surface area contributed by atoms with Gasteiger partial charge >= 0.3 is 0 Å². The van der Waals surface area contributed by atoms with Crippen molar-refractivity contribution in [1.82, 2.24) is 5.32 Å². The van der Waals surface area contributed by atoms with Crippen LogP contribution in [0.15, 0.2) is 13.2 Å². The molecule has 0 radical (unpaired) electrons. The molecule has 3 heteroatoms. The molecule has 0 atom stereocenters. The third-order valence-corrected chi connectivity index (χ3v) is 2.23. The van der Waals surface area contributed by atoms with Crippen LogP contribution in [0.3, 0.4) is 0 Å². The molecule has 0 unspecified atom stereocenters. The first kappa shape index (κ1) is 19.5. The van der Waals surface area contributed by atoms with Crippen molar-refractivity contribution in [2.24, 2.45) is 11.8 Å². The van der Waals surface area contributed by atoms with Crippen LogP contribution in [-0.2, 0) is 9.53 Å². The lowest BCUT2D eigenvalue weighted by atomic mass is 10.1. The highest BCUT2D eigenvalue weighted by Gasteiger charge is 2.03. The zero-order valence-electron chi connectivity index (χ0n) is 12.6. The summed E-state index contributed by atoms with van der Waals surface area (Å²) in [6.45, 7) is 16.6. The SMILES string of the molecule is C=C.CC(C)CCCOCCNC(=O)CC(C)C. The van der Waals surface area contributed by atoms with Crippen LogP contribution in [0.4, 0.5) is 0 Å². The van der Waals surface area contributed by atoms with E-state index in [0.717, 1.165) is 18.9 Å². The highest BCUT2D eigenvalue weighted by molar-refractivity contribution is 5.75. The van der Waals surface area contributed by atoms with Gasteiger partial charge in [0.05, 0.1) is 6.61 Å². The molecule has 0 aromatic rings. The lowest BCUT2D eigenvalue weighted by Crippen LogP contribution is -2.28. The number of hydrogen-bond acceptors (Lipinski definition) is 2. The Balaban J connectivity index is 0. The van der Waals surface area contributed by atoms with E-state index in [1.165, 1.54) is 6.42 Å². The van der Waals surface area contributed by atoms with E-state index in [2.05, 4.69) is 32.3 Å². The van der Waals surface area contributed by atoms with E-state index in [1.807, 2.05) is 13.8 Å². The average molecular weight is 257 g/mol. The molecule has 0 fully saturated rings. The molecule has 0 bridgehead atoms. The molecule has 0 rings (SSSR count). The van der Waals surface area contributed by atoms with Crippen LogP contribution in [0.1, 0.15) is 47.0 Å². The van der Waals surface area contributed by atoms with Crippen LogP contribution in [0.2, 0.25) is 0 Å². The largest absolute Gasteiger partial charge is 0.380 e. The molecule has 0 aromatic carbocycles. The van der Waals surface area contributed by atoms with Gasteiger partial charge in [0.25, 0.3) is 0 Å². The van der Waals surface area contributed by atoms with Crippen molar-refractivity contribution in [3.63, 3.8) is 0 Å². The number of rotatable bonds is 9. The highest BCUT2D eigenvalue weighted by atomic mass is 16.5. The second-order valence-electron chi connectivity index (χ2n) is 5.10. The summed E-state index contributed by atoms with van der Waals surface area (Å²) in [4.78, 5) is 11.3. The van der Waals surface area contributed by atoms with Crippen molar-refractivity contribution in [2.75, 3.05) is 19.8 Å². The van der Waals surface area contributed by atoms with Crippen LogP contribution in [0, 0.1) is 11.8 Å². The second kappa shape index (κ2) is 14.2. The smallest absolute Gasteiger partial charge is 0.220 e. The molecule has 0 aliphatic rings. The van der Waals surface area contributed by atoms with E-state index in [-0.39, 0.29) is 5.91 Å². The summed E-state index contributed by atoms with van der Waals surface area (Å²) in [6.07, 6.45) is 2.92. The maximum atomic E-state index is 11.3. The van der Waals surface area contributed by atoms with Crippen molar-refractivity contribution in [1.29, 1.82) is 0 Å². The highest BCUT2D eigenvalue weighted by Crippen LogP contribution is 2.02. The number of ether oxygens (including phenoxy) is 1. The fourth-order valence-corrected chi connectivity index (χ4v) is 1.40. The van der Waals surface area contributed by atoms with Crippen molar-refractivity contribution in [2.45, 2.75) is 47.0 Å². The molecule has 0 saturated heterocycles. The van der Waals surface area contributed by atoms with Crippen LogP contribution in [0.5, 0.6) is 0 Å². The lowest BCUT2D eigenvalue weighted by Gasteiger charge is -2.08. The molecule has 0 aliphatic heterocycles. The van der Waals surface area contributed by atoms with Gasteiger partial charge in [-0.1, -0.05) is 27.7 Å². The maximum Gasteiger partial charge on any atom is 0.220 e. The van der Waals surface area contributed by atoms with Crippen molar-refractivity contribution >= 4 is 5.91 Å². The van der Waals surface area contributed by atoms with E-state index in [0.29, 0.717) is 25.5 Å². The Morgan fingerprint density at radius 3 is 2.22 bits per heavy atom. The minimum absolute atomic E-state index is 0.126. The molecular weight excluding hydrogens is 226 g/mol. The number of nitrogens with one attached hydrogen (secondary N) is 1. The second-order valence-corrected chi connectivity index (χ2v) is 5.10. The van der Waals surface area contributed by atoms with E-state index in [1.54, 1.807) is 0 Å². The quantitative estimate of drug-likeness (QED) is 0.508. The van der Waals surface area contributed by atoms with Crippen LogP contribution in [0.25, 0.3) is 0 Å². The minimum Gasteiger partial charge on any atom is -0.380 e. The van der Waals surface area contributed by atoms with E-state index in [4.69, 9.17) is 4.74 Å². The summed E-state index contributed by atoms with van der Waals surface area (Å²) >= 11 is 0. The maximum absolute atomic E-state index is 11.3. The molecular formula is C15H31NO2. The van der Waals surface area contributed by atoms with Crippen LogP contribution in [-0.4, -0.2) is 25.7 Å². The molecule has 3 nitrogen and oxygen atoms in total. The summed E-state index contributed by atoms with van der Waals surface area (Å²) in [5.74, 6) is 1.29. The van der Waals surface area contributed by atoms with Gasteiger partial charge in [0.1, 0.15) is 0 Å². The third kappa shape index (κ3) is 17.6. The molecule has 0 aliphatic carbocycles. The van der Waals surface area contributed by atoms with Gasteiger partial charge in [-0.2, -0.15) is 0 Å². The predicted molar refractivity (Wildman–Crippen MR) is 78.6 cm³/mol. The third-order valence-electron chi connectivity index (χ3n) is 2.23. The Labute approximate surface area is 113 Å². The Hall–Kier alpha value is -0.830. The number of hydrogen-bond donors (Lipinski definition) is 1. The predicted octanol–water partition coefficient (Wildman–Crippen LogP) is 3.40. The first-order valence-corrected chi connectivity index (χ1v) is 6.86. The van der Waals surface area contributed by atoms with Gasteiger partial charge in [0.2, 0.25) is 5.91 Å². The number of amides is 1. The van der Waals surface area contributed by atoms with Crippen LogP contribution < -0.4 is 5.32 Å². The summed E-state index contributed by atoms with van der Waals surface area (Å²) in [6, 6.07) is 0. The lowest BCUT2D eigenvalue weighted by molar-refractivity contribution is -0.122. The Morgan fingerprint density at radius 1 is 1.11 bits per heavy atom. The summed E-state index contributed by atoms with van der Waals surface area (Å²) in [5.41, 5.74) is 0. The Morgan fingerprint density at radius 2 is 1.72 bits per heavy atom. The average Bonchev–Trinajstić information content (AvgIpc) is 2.29. The molecule has 1 N–H and O–H groups in total. The fourth-order valence-electron chi connectivity index (χ4n) is 1.40. The van der Waals surface area contributed by atoms with Crippen molar-refractivity contribution < 1.29 is 9.53 Å². The first-order chi connectivity index (χ1) is 8.52. The minimum atomic E-state index is 0.126. The molecule has 0 spiro atoms. The zero-order chi connectivity index (χ0) is 14.4. The zero-order valence-corrected chi connectivity index (χ0v) is 12.6. The van der Waals surface area contributed by atoms with Crippen molar-refractivity contribution in [3.8, 4) is 0 Å². The van der Waals surface area contributed by atoms with Gasteiger partial charge < -0.3 is 10.1 Å².